The highest BCUT2D eigenvalue weighted by Gasteiger charge is 2.25. The summed E-state index contributed by atoms with van der Waals surface area (Å²) in [6.45, 7) is 6.29. The second kappa shape index (κ2) is 10.8. The molecule has 0 amide bonds. The first-order chi connectivity index (χ1) is 8.61. The van der Waals surface area contributed by atoms with Gasteiger partial charge in [0, 0.05) is 6.04 Å². The van der Waals surface area contributed by atoms with Crippen molar-refractivity contribution >= 4 is 0 Å². The molecule has 110 valence electrons. The highest BCUT2D eigenvalue weighted by Crippen LogP contribution is 2.14. The van der Waals surface area contributed by atoms with Crippen LogP contribution in [0.4, 0.5) is 0 Å². The van der Waals surface area contributed by atoms with Crippen LogP contribution in [0.1, 0.15) is 72.1 Å². The molecule has 0 aromatic heterocycles. The number of hydrogen-bond donors (Lipinski definition) is 3. The third-order valence-electron chi connectivity index (χ3n) is 3.56. The third-order valence-corrected chi connectivity index (χ3v) is 3.56. The van der Waals surface area contributed by atoms with Crippen LogP contribution in [0.3, 0.4) is 0 Å². The Balaban J connectivity index is 4.16. The standard InChI is InChI=1S/C15H33NO2/c1-4-6-8-10-14(11-9-7-5-2)16-15(3,12-17)13-18/h14,16-18H,4-13H2,1-3H3. The molecule has 0 spiro atoms. The maximum Gasteiger partial charge on any atom is 0.0633 e. The van der Waals surface area contributed by atoms with E-state index < -0.39 is 5.54 Å². The van der Waals surface area contributed by atoms with E-state index in [1.54, 1.807) is 0 Å². The highest BCUT2D eigenvalue weighted by molar-refractivity contribution is 4.85. The zero-order chi connectivity index (χ0) is 13.9. The summed E-state index contributed by atoms with van der Waals surface area (Å²) in [5.74, 6) is 0. The topological polar surface area (TPSA) is 52.5 Å². The van der Waals surface area contributed by atoms with Crippen molar-refractivity contribution in [2.45, 2.75) is 83.7 Å². The molecule has 3 N–H and O–H groups in total. The molecule has 0 aromatic rings. The minimum Gasteiger partial charge on any atom is -0.394 e. The molecule has 0 saturated heterocycles. The van der Waals surface area contributed by atoms with Crippen molar-refractivity contribution in [3.63, 3.8) is 0 Å². The number of rotatable bonds is 12. The van der Waals surface area contributed by atoms with Crippen molar-refractivity contribution in [2.24, 2.45) is 0 Å². The first-order valence-electron chi connectivity index (χ1n) is 7.61. The maximum absolute atomic E-state index is 9.35. The summed E-state index contributed by atoms with van der Waals surface area (Å²) in [6, 6.07) is 0.424. The van der Waals surface area contributed by atoms with E-state index in [9.17, 15) is 10.2 Å². The van der Waals surface area contributed by atoms with E-state index in [1.165, 1.54) is 38.5 Å². The number of unbranched alkanes of at least 4 members (excludes halogenated alkanes) is 4. The van der Waals surface area contributed by atoms with Crippen LogP contribution in [0.5, 0.6) is 0 Å². The van der Waals surface area contributed by atoms with Crippen LogP contribution in [-0.2, 0) is 0 Å². The van der Waals surface area contributed by atoms with Gasteiger partial charge in [0.2, 0.25) is 0 Å². The van der Waals surface area contributed by atoms with Gasteiger partial charge in [-0.1, -0.05) is 52.4 Å². The highest BCUT2D eigenvalue weighted by atomic mass is 16.3. The van der Waals surface area contributed by atoms with Gasteiger partial charge in [-0.15, -0.1) is 0 Å². The zero-order valence-corrected chi connectivity index (χ0v) is 12.5. The fourth-order valence-electron chi connectivity index (χ4n) is 2.20. The average Bonchev–Trinajstić information content (AvgIpc) is 2.39. The summed E-state index contributed by atoms with van der Waals surface area (Å²) in [6.07, 6.45) is 9.75. The van der Waals surface area contributed by atoms with E-state index in [1.807, 2.05) is 6.92 Å². The Bertz CT molecular complexity index is 171. The summed E-state index contributed by atoms with van der Waals surface area (Å²) in [4.78, 5) is 0. The Kier molecular flexibility index (Phi) is 10.7. The molecule has 0 heterocycles. The molecular weight excluding hydrogens is 226 g/mol. The predicted molar refractivity (Wildman–Crippen MR) is 77.8 cm³/mol. The van der Waals surface area contributed by atoms with E-state index in [-0.39, 0.29) is 13.2 Å². The molecule has 0 aromatic carbocycles. The van der Waals surface area contributed by atoms with Crippen LogP contribution in [0.15, 0.2) is 0 Å². The molecule has 0 radical (unpaired) electrons. The van der Waals surface area contributed by atoms with Crippen molar-refractivity contribution in [3.05, 3.63) is 0 Å². The number of hydrogen-bond acceptors (Lipinski definition) is 3. The maximum atomic E-state index is 9.35. The monoisotopic (exact) mass is 259 g/mol. The normalized spacial score (nSPS) is 12.3. The van der Waals surface area contributed by atoms with Crippen LogP contribution >= 0.6 is 0 Å². The SMILES string of the molecule is CCCCCC(CCCCC)NC(C)(CO)CO. The molecule has 18 heavy (non-hydrogen) atoms. The molecule has 0 fully saturated rings. The molecule has 0 bridgehead atoms. The second-order valence-corrected chi connectivity index (χ2v) is 5.71. The predicted octanol–water partition coefficient (Wildman–Crippen LogP) is 2.85. The van der Waals surface area contributed by atoms with Crippen molar-refractivity contribution in [2.75, 3.05) is 13.2 Å². The van der Waals surface area contributed by atoms with Crippen LogP contribution < -0.4 is 5.32 Å². The fraction of sp³-hybridized carbons (Fsp3) is 1.00. The average molecular weight is 259 g/mol. The Hall–Kier alpha value is -0.120. The molecule has 0 aliphatic carbocycles. The van der Waals surface area contributed by atoms with Crippen LogP contribution in [0.25, 0.3) is 0 Å². The van der Waals surface area contributed by atoms with Gasteiger partial charge >= 0.3 is 0 Å². The second-order valence-electron chi connectivity index (χ2n) is 5.71. The van der Waals surface area contributed by atoms with Crippen LogP contribution in [0, 0.1) is 0 Å². The van der Waals surface area contributed by atoms with Crippen molar-refractivity contribution < 1.29 is 10.2 Å². The minimum atomic E-state index is -0.539. The van der Waals surface area contributed by atoms with Gasteiger partial charge in [0.05, 0.1) is 18.8 Å². The Morgan fingerprint density at radius 3 is 1.67 bits per heavy atom. The van der Waals surface area contributed by atoms with E-state index in [0.29, 0.717) is 6.04 Å². The summed E-state index contributed by atoms with van der Waals surface area (Å²) in [7, 11) is 0. The molecule has 0 aliphatic rings. The van der Waals surface area contributed by atoms with Gasteiger partial charge in [-0.3, -0.25) is 0 Å². The molecule has 0 atom stereocenters. The Morgan fingerprint density at radius 2 is 1.33 bits per heavy atom. The van der Waals surface area contributed by atoms with Gasteiger partial charge in [0.1, 0.15) is 0 Å². The molecule has 0 aliphatic heterocycles. The van der Waals surface area contributed by atoms with Gasteiger partial charge < -0.3 is 15.5 Å². The summed E-state index contributed by atoms with van der Waals surface area (Å²) in [5, 5.41) is 22.2. The quantitative estimate of drug-likeness (QED) is 0.472. The van der Waals surface area contributed by atoms with Crippen molar-refractivity contribution in [1.29, 1.82) is 0 Å². The van der Waals surface area contributed by atoms with E-state index in [4.69, 9.17) is 0 Å². The number of aliphatic hydroxyl groups is 2. The fourth-order valence-corrected chi connectivity index (χ4v) is 2.20. The Labute approximate surface area is 113 Å². The van der Waals surface area contributed by atoms with Crippen molar-refractivity contribution in [3.8, 4) is 0 Å². The zero-order valence-electron chi connectivity index (χ0n) is 12.5. The third kappa shape index (κ3) is 8.06. The van der Waals surface area contributed by atoms with Gasteiger partial charge in [-0.05, 0) is 19.8 Å². The lowest BCUT2D eigenvalue weighted by Gasteiger charge is -2.32. The molecule has 0 rings (SSSR count). The van der Waals surface area contributed by atoms with Crippen molar-refractivity contribution in [1.82, 2.24) is 5.32 Å². The lowest BCUT2D eigenvalue weighted by molar-refractivity contribution is 0.0906. The first-order valence-corrected chi connectivity index (χ1v) is 7.61. The summed E-state index contributed by atoms with van der Waals surface area (Å²) in [5.41, 5.74) is -0.539. The molecular formula is C15H33NO2. The van der Waals surface area contributed by atoms with E-state index >= 15 is 0 Å². The van der Waals surface area contributed by atoms with Gasteiger partial charge in [0.15, 0.2) is 0 Å². The lowest BCUT2D eigenvalue weighted by atomic mass is 9.97. The Morgan fingerprint density at radius 1 is 0.889 bits per heavy atom. The minimum absolute atomic E-state index is 0.0123. The number of aliphatic hydroxyl groups excluding tert-OH is 2. The molecule has 3 heteroatoms. The summed E-state index contributed by atoms with van der Waals surface area (Å²) < 4.78 is 0. The van der Waals surface area contributed by atoms with Crippen LogP contribution in [0.2, 0.25) is 0 Å². The number of nitrogens with one attached hydrogen (secondary N) is 1. The molecule has 3 nitrogen and oxygen atoms in total. The largest absolute Gasteiger partial charge is 0.394 e. The molecule has 0 saturated carbocycles. The van der Waals surface area contributed by atoms with Gasteiger partial charge in [-0.2, -0.15) is 0 Å². The van der Waals surface area contributed by atoms with Crippen LogP contribution in [-0.4, -0.2) is 35.0 Å². The first kappa shape index (κ1) is 17.9. The lowest BCUT2D eigenvalue weighted by Crippen LogP contribution is -2.53. The van der Waals surface area contributed by atoms with E-state index in [2.05, 4.69) is 19.2 Å². The van der Waals surface area contributed by atoms with Gasteiger partial charge in [-0.25, -0.2) is 0 Å². The smallest absolute Gasteiger partial charge is 0.0633 e. The summed E-state index contributed by atoms with van der Waals surface area (Å²) >= 11 is 0. The molecule has 0 unspecified atom stereocenters. The van der Waals surface area contributed by atoms with E-state index in [0.717, 1.165) is 12.8 Å². The van der Waals surface area contributed by atoms with Gasteiger partial charge in [0.25, 0.3) is 0 Å².